The molecule has 0 radical (unpaired) electrons. The van der Waals surface area contributed by atoms with Crippen LogP contribution in [0.1, 0.15) is 49.7 Å². The van der Waals surface area contributed by atoms with Crippen LogP contribution < -0.4 is 0 Å². The van der Waals surface area contributed by atoms with Gasteiger partial charge in [-0.05, 0) is 64.0 Å². The van der Waals surface area contributed by atoms with Crippen LogP contribution in [0.25, 0.3) is 0 Å². The molecule has 0 aromatic carbocycles. The lowest BCUT2D eigenvalue weighted by atomic mass is 10.1. The second-order valence-corrected chi connectivity index (χ2v) is 6.99. The predicted molar refractivity (Wildman–Crippen MR) is 81.4 cm³/mol. The molecule has 1 N–H and O–H groups in total. The molecular weight excluding hydrogens is 290 g/mol. The van der Waals surface area contributed by atoms with Crippen molar-refractivity contribution in [3.63, 3.8) is 0 Å². The van der Waals surface area contributed by atoms with Gasteiger partial charge < -0.3 is 9.84 Å². The molecule has 0 bridgehead atoms. The van der Waals surface area contributed by atoms with Crippen molar-refractivity contribution < 1.29 is 14.6 Å². The number of aromatic nitrogens is 1. The molecule has 0 amide bonds. The van der Waals surface area contributed by atoms with Crippen LogP contribution in [0, 0.1) is 11.8 Å². The Morgan fingerprint density at radius 2 is 2.14 bits per heavy atom. The van der Waals surface area contributed by atoms with Crippen LogP contribution in [0.2, 0.25) is 5.15 Å². The molecule has 4 nitrogen and oxygen atoms in total. The third-order valence-electron chi connectivity index (χ3n) is 3.61. The molecule has 2 rings (SSSR count). The van der Waals surface area contributed by atoms with Gasteiger partial charge in [0.05, 0.1) is 11.3 Å². The van der Waals surface area contributed by atoms with Crippen molar-refractivity contribution >= 4 is 17.6 Å². The minimum atomic E-state index is -0.535. The van der Waals surface area contributed by atoms with Crippen molar-refractivity contribution in [1.29, 1.82) is 0 Å². The van der Waals surface area contributed by atoms with Crippen LogP contribution in [0.3, 0.4) is 0 Å². The molecule has 1 aliphatic carbocycles. The number of hydrogen-bond acceptors (Lipinski definition) is 4. The Morgan fingerprint density at radius 3 is 2.71 bits per heavy atom. The van der Waals surface area contributed by atoms with E-state index in [1.54, 1.807) is 12.1 Å². The molecule has 1 fully saturated rings. The van der Waals surface area contributed by atoms with Crippen LogP contribution in [0.5, 0.6) is 0 Å². The number of ether oxygens (including phenoxy) is 1. The highest BCUT2D eigenvalue weighted by Crippen LogP contribution is 2.41. The molecule has 21 heavy (non-hydrogen) atoms. The number of aryl methyl sites for hydroxylation is 1. The quantitative estimate of drug-likeness (QED) is 0.670. The first-order chi connectivity index (χ1) is 9.80. The highest BCUT2D eigenvalue weighted by molar-refractivity contribution is 6.29. The lowest BCUT2D eigenvalue weighted by Gasteiger charge is -2.20. The first-order valence-electron chi connectivity index (χ1n) is 7.30. The number of aliphatic hydroxyl groups excluding tert-OH is 1. The maximum absolute atomic E-state index is 12.2. The van der Waals surface area contributed by atoms with Crippen LogP contribution in [0.15, 0.2) is 12.1 Å². The van der Waals surface area contributed by atoms with Crippen molar-refractivity contribution in [2.75, 3.05) is 6.61 Å². The summed E-state index contributed by atoms with van der Waals surface area (Å²) in [6, 6.07) is 3.28. The van der Waals surface area contributed by atoms with Crippen LogP contribution in [-0.2, 0) is 11.2 Å². The van der Waals surface area contributed by atoms with Gasteiger partial charge in [0.2, 0.25) is 0 Å². The number of pyridine rings is 1. The summed E-state index contributed by atoms with van der Waals surface area (Å²) in [5.74, 6) is 0.576. The van der Waals surface area contributed by atoms with E-state index in [2.05, 4.69) is 4.98 Å². The molecule has 0 saturated heterocycles. The molecule has 0 aliphatic heterocycles. The number of nitrogens with zero attached hydrogens (tertiary/aromatic N) is 1. The van der Waals surface area contributed by atoms with Gasteiger partial charge in [0.15, 0.2) is 0 Å². The zero-order chi connectivity index (χ0) is 15.6. The second-order valence-electron chi connectivity index (χ2n) is 6.61. The number of rotatable bonds is 5. The fourth-order valence-corrected chi connectivity index (χ4v) is 2.56. The molecule has 1 heterocycles. The zero-order valence-electron chi connectivity index (χ0n) is 12.7. The molecule has 1 saturated carbocycles. The van der Waals surface area contributed by atoms with Crippen molar-refractivity contribution in [3.8, 4) is 0 Å². The third-order valence-corrected chi connectivity index (χ3v) is 3.82. The van der Waals surface area contributed by atoms with Crippen molar-refractivity contribution in [3.05, 3.63) is 28.5 Å². The Kier molecular flexibility index (Phi) is 4.89. The lowest BCUT2D eigenvalue weighted by molar-refractivity contribution is 0.00677. The van der Waals surface area contributed by atoms with Gasteiger partial charge >= 0.3 is 5.97 Å². The third kappa shape index (κ3) is 4.68. The van der Waals surface area contributed by atoms with Gasteiger partial charge in [-0.25, -0.2) is 9.78 Å². The Morgan fingerprint density at radius 1 is 1.43 bits per heavy atom. The minimum Gasteiger partial charge on any atom is -0.456 e. The number of carbonyl (C=O) groups is 1. The zero-order valence-corrected chi connectivity index (χ0v) is 13.5. The monoisotopic (exact) mass is 311 g/mol. The maximum Gasteiger partial charge on any atom is 0.340 e. The van der Waals surface area contributed by atoms with Gasteiger partial charge in [-0.3, -0.25) is 0 Å². The molecule has 0 unspecified atom stereocenters. The van der Waals surface area contributed by atoms with E-state index in [0.29, 0.717) is 34.7 Å². The second kappa shape index (κ2) is 6.32. The van der Waals surface area contributed by atoms with E-state index >= 15 is 0 Å². The fraction of sp³-hybridized carbons (Fsp3) is 0.625. The molecule has 1 aliphatic rings. The molecule has 116 valence electrons. The first kappa shape index (κ1) is 16.2. The van der Waals surface area contributed by atoms with E-state index in [4.69, 9.17) is 21.4 Å². The SMILES string of the molecule is CC(C)(C)OC(=O)c1ccc(Cl)nc1CC[C@@H]1C[C@@H]1CO. The highest BCUT2D eigenvalue weighted by Gasteiger charge is 2.36. The smallest absolute Gasteiger partial charge is 0.340 e. The van der Waals surface area contributed by atoms with Crippen LogP contribution in [0.4, 0.5) is 0 Å². The average Bonchev–Trinajstić information content (AvgIpc) is 3.12. The molecule has 0 spiro atoms. The van der Waals surface area contributed by atoms with Crippen molar-refractivity contribution in [2.45, 2.75) is 45.6 Å². The molecular formula is C16H22ClNO3. The number of carbonyl (C=O) groups excluding carboxylic acids is 1. The summed E-state index contributed by atoms with van der Waals surface area (Å²) in [7, 11) is 0. The van der Waals surface area contributed by atoms with E-state index in [1.165, 1.54) is 0 Å². The van der Waals surface area contributed by atoms with E-state index in [9.17, 15) is 4.79 Å². The fourth-order valence-electron chi connectivity index (χ4n) is 2.39. The Balaban J connectivity index is 2.08. The van der Waals surface area contributed by atoms with Gasteiger partial charge in [0.1, 0.15) is 10.8 Å². The van der Waals surface area contributed by atoms with E-state index < -0.39 is 5.60 Å². The van der Waals surface area contributed by atoms with E-state index in [0.717, 1.165) is 12.8 Å². The van der Waals surface area contributed by atoms with Crippen molar-refractivity contribution in [1.82, 2.24) is 4.98 Å². The van der Waals surface area contributed by atoms with Gasteiger partial charge in [-0.2, -0.15) is 0 Å². The summed E-state index contributed by atoms with van der Waals surface area (Å²) in [5, 5.41) is 9.46. The van der Waals surface area contributed by atoms with Gasteiger partial charge in [-0.1, -0.05) is 11.6 Å². The summed E-state index contributed by atoms with van der Waals surface area (Å²) in [6.07, 6.45) is 2.64. The summed E-state index contributed by atoms with van der Waals surface area (Å²) < 4.78 is 5.41. The van der Waals surface area contributed by atoms with E-state index in [1.807, 2.05) is 20.8 Å². The average molecular weight is 312 g/mol. The summed E-state index contributed by atoms with van der Waals surface area (Å²) in [5.41, 5.74) is 0.628. The number of esters is 1. The minimum absolute atomic E-state index is 0.243. The molecule has 2 atom stereocenters. The number of halogens is 1. The summed E-state index contributed by atoms with van der Waals surface area (Å²) in [4.78, 5) is 16.5. The van der Waals surface area contributed by atoms with Gasteiger partial charge in [0, 0.05) is 6.61 Å². The molecule has 1 aromatic rings. The van der Waals surface area contributed by atoms with Gasteiger partial charge in [0.25, 0.3) is 0 Å². The number of aliphatic hydroxyl groups is 1. The lowest BCUT2D eigenvalue weighted by Crippen LogP contribution is -2.24. The normalized spacial score (nSPS) is 21.2. The first-order valence-corrected chi connectivity index (χ1v) is 7.67. The number of hydrogen-bond donors (Lipinski definition) is 1. The standard InChI is InChI=1S/C16H22ClNO3/c1-16(2,3)21-15(20)12-5-7-14(17)18-13(12)6-4-10-8-11(10)9-19/h5,7,10-11,19H,4,6,8-9H2,1-3H3/t10-,11-/m1/s1. The predicted octanol–water partition coefficient (Wildman–Crippen LogP) is 3.25. The van der Waals surface area contributed by atoms with Crippen LogP contribution in [-0.4, -0.2) is 28.3 Å². The maximum atomic E-state index is 12.2. The topological polar surface area (TPSA) is 59.4 Å². The molecule has 1 aromatic heterocycles. The van der Waals surface area contributed by atoms with Crippen LogP contribution >= 0.6 is 11.6 Å². The Labute approximate surface area is 130 Å². The summed E-state index contributed by atoms with van der Waals surface area (Å²) in [6.45, 7) is 5.75. The van der Waals surface area contributed by atoms with Gasteiger partial charge in [-0.15, -0.1) is 0 Å². The van der Waals surface area contributed by atoms with E-state index in [-0.39, 0.29) is 12.6 Å². The molecule has 5 heteroatoms. The largest absolute Gasteiger partial charge is 0.456 e. The Bertz CT molecular complexity index is 525. The summed E-state index contributed by atoms with van der Waals surface area (Å²) >= 11 is 5.94. The van der Waals surface area contributed by atoms with Crippen molar-refractivity contribution in [2.24, 2.45) is 11.8 Å². The Hall–Kier alpha value is -1.13. The highest BCUT2D eigenvalue weighted by atomic mass is 35.5.